The molecule has 2 saturated carbocycles. The molecule has 4 aromatic rings. The number of rotatable bonds is 6. The van der Waals surface area contributed by atoms with Gasteiger partial charge in [-0.2, -0.15) is 0 Å². The first-order chi connectivity index (χ1) is 15.2. The number of ether oxygens (including phenoxy) is 1. The van der Waals surface area contributed by atoms with Crippen molar-refractivity contribution >= 4 is 34.1 Å². The number of nitrogens with zero attached hydrogens (tertiary/aromatic N) is 6. The highest BCUT2D eigenvalue weighted by Crippen LogP contribution is 2.33. The zero-order chi connectivity index (χ0) is 20.9. The average Bonchev–Trinajstić information content (AvgIpc) is 3.70. The number of fused-ring (bicyclic) bond motifs is 2. The van der Waals surface area contributed by atoms with Gasteiger partial charge in [0.1, 0.15) is 11.3 Å². The van der Waals surface area contributed by atoms with Crippen molar-refractivity contribution in [3.8, 4) is 17.1 Å². The first-order valence-corrected chi connectivity index (χ1v) is 10.4. The highest BCUT2D eigenvalue weighted by molar-refractivity contribution is 6.01. The highest BCUT2D eigenvalue weighted by Gasteiger charge is 2.30. The van der Waals surface area contributed by atoms with Gasteiger partial charge in [0.2, 0.25) is 5.91 Å². The predicted molar refractivity (Wildman–Crippen MR) is 114 cm³/mol. The van der Waals surface area contributed by atoms with E-state index in [1.165, 1.54) is 0 Å². The van der Waals surface area contributed by atoms with Gasteiger partial charge in [0.05, 0.1) is 12.3 Å². The SMILES string of the molecule is CNc1ncc(-c2nc3ccc(OC4CC4)cn3n2)c2cc(NC(=O)C3CC3)nnc12. The van der Waals surface area contributed by atoms with Crippen LogP contribution in [0.4, 0.5) is 11.6 Å². The molecule has 0 spiro atoms. The summed E-state index contributed by atoms with van der Waals surface area (Å²) in [6.07, 6.45) is 7.88. The van der Waals surface area contributed by atoms with Crippen LogP contribution < -0.4 is 15.4 Å². The molecule has 0 aliphatic heterocycles. The van der Waals surface area contributed by atoms with Gasteiger partial charge < -0.3 is 15.4 Å². The van der Waals surface area contributed by atoms with Gasteiger partial charge in [0.25, 0.3) is 0 Å². The van der Waals surface area contributed by atoms with Crippen LogP contribution in [0.2, 0.25) is 0 Å². The van der Waals surface area contributed by atoms with Crippen LogP contribution in [0.15, 0.2) is 30.6 Å². The van der Waals surface area contributed by atoms with Gasteiger partial charge in [-0.3, -0.25) is 4.79 Å². The minimum absolute atomic E-state index is 0.0212. The van der Waals surface area contributed by atoms with E-state index in [0.29, 0.717) is 40.3 Å². The van der Waals surface area contributed by atoms with Gasteiger partial charge in [-0.15, -0.1) is 15.3 Å². The normalized spacial score (nSPS) is 15.9. The maximum Gasteiger partial charge on any atom is 0.228 e. The molecule has 4 aromatic heterocycles. The number of nitrogens with one attached hydrogen (secondary N) is 2. The Morgan fingerprint density at radius 2 is 2.06 bits per heavy atom. The molecule has 2 aliphatic carbocycles. The van der Waals surface area contributed by atoms with Crippen molar-refractivity contribution in [3.63, 3.8) is 0 Å². The number of aromatic nitrogens is 6. The second-order valence-corrected chi connectivity index (χ2v) is 7.95. The maximum atomic E-state index is 12.2. The van der Waals surface area contributed by atoms with E-state index in [-0.39, 0.29) is 11.8 Å². The molecule has 2 N–H and O–H groups in total. The fourth-order valence-electron chi connectivity index (χ4n) is 3.45. The second kappa shape index (κ2) is 6.86. The van der Waals surface area contributed by atoms with Crippen molar-refractivity contribution in [2.24, 2.45) is 5.92 Å². The Labute approximate surface area is 177 Å². The predicted octanol–water partition coefficient (Wildman–Crippen LogP) is 2.67. The van der Waals surface area contributed by atoms with Crippen molar-refractivity contribution < 1.29 is 9.53 Å². The lowest BCUT2D eigenvalue weighted by Gasteiger charge is -2.09. The topological polar surface area (TPSA) is 119 Å². The smallest absolute Gasteiger partial charge is 0.228 e. The number of amides is 1. The Hall–Kier alpha value is -3.82. The summed E-state index contributed by atoms with van der Waals surface area (Å²) in [5.74, 6) is 2.34. The number of hydrogen-bond acceptors (Lipinski definition) is 8. The Morgan fingerprint density at radius 3 is 2.84 bits per heavy atom. The molecule has 0 aromatic carbocycles. The van der Waals surface area contributed by atoms with E-state index in [4.69, 9.17) is 4.74 Å². The highest BCUT2D eigenvalue weighted by atomic mass is 16.5. The molecule has 4 heterocycles. The molecule has 0 saturated heterocycles. The molecule has 156 valence electrons. The second-order valence-electron chi connectivity index (χ2n) is 7.95. The molecule has 10 nitrogen and oxygen atoms in total. The van der Waals surface area contributed by atoms with Gasteiger partial charge >= 0.3 is 0 Å². The van der Waals surface area contributed by atoms with E-state index < -0.39 is 0 Å². The third-order valence-corrected chi connectivity index (χ3v) is 5.44. The van der Waals surface area contributed by atoms with Gasteiger partial charge in [-0.05, 0) is 43.9 Å². The van der Waals surface area contributed by atoms with Gasteiger partial charge in [-0.25, -0.2) is 14.5 Å². The number of pyridine rings is 2. The monoisotopic (exact) mass is 416 g/mol. The molecule has 1 amide bonds. The van der Waals surface area contributed by atoms with Gasteiger partial charge in [0, 0.05) is 30.1 Å². The molecule has 10 heteroatoms. The summed E-state index contributed by atoms with van der Waals surface area (Å²) >= 11 is 0. The fraction of sp³-hybridized carbons (Fsp3) is 0.333. The first-order valence-electron chi connectivity index (χ1n) is 10.4. The van der Waals surface area contributed by atoms with Crippen LogP contribution in [0, 0.1) is 5.92 Å². The third-order valence-electron chi connectivity index (χ3n) is 5.44. The van der Waals surface area contributed by atoms with Crippen molar-refractivity contribution in [2.75, 3.05) is 17.7 Å². The Morgan fingerprint density at radius 1 is 1.19 bits per heavy atom. The molecular formula is C21H20N8O2. The van der Waals surface area contributed by atoms with E-state index in [1.807, 2.05) is 18.3 Å². The lowest BCUT2D eigenvalue weighted by molar-refractivity contribution is -0.117. The van der Waals surface area contributed by atoms with Crippen LogP contribution in [0.3, 0.4) is 0 Å². The zero-order valence-corrected chi connectivity index (χ0v) is 16.9. The minimum Gasteiger partial charge on any atom is -0.489 e. The standard InChI is InChI=1S/C21H20N8O2/c1-22-20-18-14(8-16(26-27-18)24-21(30)11-2-3-11)15(9-23-20)19-25-17-7-6-13(10-29(17)28-19)31-12-4-5-12/h6-12H,2-5H2,1H3,(H,22,23)(H,24,26,30). The van der Waals surface area contributed by atoms with Crippen molar-refractivity contribution in [1.29, 1.82) is 0 Å². The molecular weight excluding hydrogens is 396 g/mol. The molecule has 2 fully saturated rings. The summed E-state index contributed by atoms with van der Waals surface area (Å²) in [4.78, 5) is 21.3. The van der Waals surface area contributed by atoms with E-state index in [0.717, 1.165) is 36.8 Å². The quantitative estimate of drug-likeness (QED) is 0.492. The molecule has 31 heavy (non-hydrogen) atoms. The van der Waals surface area contributed by atoms with Crippen LogP contribution >= 0.6 is 0 Å². The van der Waals surface area contributed by atoms with Crippen LogP contribution in [0.5, 0.6) is 5.75 Å². The minimum atomic E-state index is -0.0212. The number of carbonyl (C=O) groups is 1. The number of anilines is 2. The van der Waals surface area contributed by atoms with Crippen molar-refractivity contribution in [1.82, 2.24) is 29.8 Å². The van der Waals surface area contributed by atoms with Crippen LogP contribution in [0.1, 0.15) is 25.7 Å². The molecule has 0 atom stereocenters. The first kappa shape index (κ1) is 18.0. The lowest BCUT2D eigenvalue weighted by Crippen LogP contribution is -2.15. The van der Waals surface area contributed by atoms with Crippen LogP contribution in [-0.2, 0) is 4.79 Å². The largest absolute Gasteiger partial charge is 0.489 e. The Balaban J connectivity index is 1.43. The molecule has 0 unspecified atom stereocenters. The zero-order valence-electron chi connectivity index (χ0n) is 16.9. The van der Waals surface area contributed by atoms with E-state index in [9.17, 15) is 4.79 Å². The Bertz CT molecular complexity index is 1330. The Kier molecular flexibility index (Phi) is 3.98. The number of carbonyl (C=O) groups excluding carboxylic acids is 1. The van der Waals surface area contributed by atoms with Crippen molar-refractivity contribution in [2.45, 2.75) is 31.8 Å². The molecule has 0 radical (unpaired) electrons. The molecule has 2 aliphatic rings. The van der Waals surface area contributed by atoms with E-state index in [1.54, 1.807) is 23.8 Å². The van der Waals surface area contributed by atoms with E-state index >= 15 is 0 Å². The maximum absolute atomic E-state index is 12.2. The van der Waals surface area contributed by atoms with Crippen LogP contribution in [0.25, 0.3) is 27.9 Å². The summed E-state index contributed by atoms with van der Waals surface area (Å²) in [6.45, 7) is 0. The molecule has 0 bridgehead atoms. The van der Waals surface area contributed by atoms with Gasteiger partial charge in [0.15, 0.2) is 23.1 Å². The summed E-state index contributed by atoms with van der Waals surface area (Å²) in [6, 6.07) is 5.59. The molecule has 6 rings (SSSR count). The lowest BCUT2D eigenvalue weighted by atomic mass is 10.1. The van der Waals surface area contributed by atoms with Crippen molar-refractivity contribution in [3.05, 3.63) is 30.6 Å². The summed E-state index contributed by atoms with van der Waals surface area (Å²) < 4.78 is 7.56. The summed E-state index contributed by atoms with van der Waals surface area (Å²) in [7, 11) is 1.77. The number of hydrogen-bond donors (Lipinski definition) is 2. The summed E-state index contributed by atoms with van der Waals surface area (Å²) in [5.41, 5.74) is 1.99. The fourth-order valence-corrected chi connectivity index (χ4v) is 3.45. The van der Waals surface area contributed by atoms with E-state index in [2.05, 4.69) is 35.9 Å². The van der Waals surface area contributed by atoms with Crippen LogP contribution in [-0.4, -0.2) is 48.8 Å². The van der Waals surface area contributed by atoms with Gasteiger partial charge in [-0.1, -0.05) is 0 Å². The third kappa shape index (κ3) is 3.39. The summed E-state index contributed by atoms with van der Waals surface area (Å²) in [5, 5.41) is 19.7. The average molecular weight is 416 g/mol.